The van der Waals surface area contributed by atoms with Crippen LogP contribution >= 0.6 is 0 Å². The molecule has 1 aromatic carbocycles. The zero-order valence-corrected chi connectivity index (χ0v) is 12.0. The van der Waals surface area contributed by atoms with Gasteiger partial charge in [0.2, 0.25) is 9.04 Å². The molecule has 0 heterocycles. The molecule has 0 aliphatic carbocycles. The Labute approximate surface area is 106 Å². The molecule has 0 saturated carbocycles. The highest BCUT2D eigenvalue weighted by molar-refractivity contribution is 6.61. The van der Waals surface area contributed by atoms with Crippen molar-refractivity contribution in [3.8, 4) is 0 Å². The Balaban J connectivity index is 2.52. The van der Waals surface area contributed by atoms with Crippen LogP contribution in [0, 0.1) is 0 Å². The first-order valence-corrected chi connectivity index (χ1v) is 9.00. The van der Waals surface area contributed by atoms with Gasteiger partial charge in [-0.2, -0.15) is 0 Å². The summed E-state index contributed by atoms with van der Waals surface area (Å²) in [5, 5.41) is 0. The van der Waals surface area contributed by atoms with E-state index < -0.39 is 16.2 Å². The van der Waals surface area contributed by atoms with Gasteiger partial charge in [0.05, 0.1) is 0 Å². The van der Waals surface area contributed by atoms with Gasteiger partial charge in [0.25, 0.3) is 0 Å². The fourth-order valence-electron chi connectivity index (χ4n) is 1.29. The number of hydrogen-bond donors (Lipinski definition) is 0. The topological polar surface area (TPSA) is 27.7 Å². The maximum atomic E-state index is 5.69. The van der Waals surface area contributed by atoms with Gasteiger partial charge in [-0.15, -0.1) is 0 Å². The molecule has 0 aromatic heterocycles. The van der Waals surface area contributed by atoms with E-state index in [1.165, 1.54) is 0 Å². The van der Waals surface area contributed by atoms with Crippen molar-refractivity contribution in [1.29, 1.82) is 0 Å². The van der Waals surface area contributed by atoms with Gasteiger partial charge in [-0.1, -0.05) is 43.7 Å². The van der Waals surface area contributed by atoms with Crippen LogP contribution in [0.1, 0.15) is 19.8 Å². The third-order valence-corrected chi connectivity index (χ3v) is 2.67. The molecule has 94 valence electrons. The van der Waals surface area contributed by atoms with E-state index in [1.807, 2.05) is 30.3 Å². The van der Waals surface area contributed by atoms with Crippen LogP contribution in [-0.2, 0) is 14.0 Å². The van der Waals surface area contributed by atoms with Crippen molar-refractivity contribution in [1.82, 2.24) is 0 Å². The summed E-state index contributed by atoms with van der Waals surface area (Å²) >= 11 is 0. The Kier molecular flexibility index (Phi) is 7.20. The molecule has 1 aromatic rings. The average molecular weight is 252 g/mol. The molecular formula is C12H21BO3Si. The highest BCUT2D eigenvalue weighted by atomic mass is 28.3. The first-order chi connectivity index (χ1) is 8.24. The molecule has 0 aliphatic rings. The third-order valence-electron chi connectivity index (χ3n) is 2.17. The van der Waals surface area contributed by atoms with E-state index in [0.717, 1.165) is 18.3 Å². The minimum atomic E-state index is -1.19. The minimum Gasteiger partial charge on any atom is -0.406 e. The van der Waals surface area contributed by atoms with E-state index >= 15 is 0 Å². The second kappa shape index (κ2) is 8.47. The molecule has 0 unspecified atom stereocenters. The molecule has 0 aliphatic heterocycles. The molecule has 1 rings (SSSR count). The average Bonchev–Trinajstić information content (AvgIpc) is 2.34. The summed E-state index contributed by atoms with van der Waals surface area (Å²) in [4.78, 5) is 5.38. The van der Waals surface area contributed by atoms with Crippen LogP contribution in [0.2, 0.25) is 13.1 Å². The summed E-state index contributed by atoms with van der Waals surface area (Å²) in [7, 11) is -1.60. The zero-order chi connectivity index (χ0) is 12.5. The molecule has 3 nitrogen and oxygen atoms in total. The predicted molar refractivity (Wildman–Crippen MR) is 73.7 cm³/mol. The Bertz CT molecular complexity index is 295. The first-order valence-electron chi connectivity index (χ1n) is 6.22. The molecule has 0 bridgehead atoms. The van der Waals surface area contributed by atoms with Gasteiger partial charge < -0.3 is 9.23 Å². The molecule has 0 fully saturated rings. The lowest BCUT2D eigenvalue weighted by Gasteiger charge is -2.15. The molecule has 0 atom stereocenters. The summed E-state index contributed by atoms with van der Waals surface area (Å²) in [6.07, 6.45) is 2.15. The van der Waals surface area contributed by atoms with E-state index in [9.17, 15) is 0 Å². The Morgan fingerprint density at radius 2 is 1.88 bits per heavy atom. The molecule has 0 N–H and O–H groups in total. The zero-order valence-electron chi connectivity index (χ0n) is 10.9. The molecule has 5 heteroatoms. The maximum Gasteiger partial charge on any atom is 0.523 e. The van der Waals surface area contributed by atoms with Crippen molar-refractivity contribution in [3.05, 3.63) is 30.3 Å². The first kappa shape index (κ1) is 14.4. The lowest BCUT2D eigenvalue weighted by atomic mass is 9.79. The third kappa shape index (κ3) is 6.02. The van der Waals surface area contributed by atoms with Gasteiger partial charge in [-0.3, -0.25) is 4.81 Å². The van der Waals surface area contributed by atoms with Crippen LogP contribution in [0.4, 0.5) is 0 Å². The monoisotopic (exact) mass is 252 g/mol. The van der Waals surface area contributed by atoms with Crippen LogP contribution in [0.25, 0.3) is 0 Å². The van der Waals surface area contributed by atoms with Crippen LogP contribution in [0.3, 0.4) is 0 Å². The normalized spacial score (nSPS) is 10.8. The fraction of sp³-hybridized carbons (Fsp3) is 0.500. The highest BCUT2D eigenvalue weighted by Gasteiger charge is 2.22. The van der Waals surface area contributed by atoms with Crippen molar-refractivity contribution in [2.75, 3.05) is 6.61 Å². The lowest BCUT2D eigenvalue weighted by molar-refractivity contribution is -0.126. The fourth-order valence-corrected chi connectivity index (χ4v) is 1.61. The summed E-state index contributed by atoms with van der Waals surface area (Å²) in [5.41, 5.74) is 0.998. The SMILES string of the molecule is CCCCOB(OO[SiH](C)C)c1ccccc1. The van der Waals surface area contributed by atoms with Crippen LogP contribution in [0.5, 0.6) is 0 Å². The van der Waals surface area contributed by atoms with Crippen LogP contribution in [-0.4, -0.2) is 22.8 Å². The van der Waals surface area contributed by atoms with Gasteiger partial charge in [0.15, 0.2) is 0 Å². The van der Waals surface area contributed by atoms with Crippen molar-refractivity contribution < 1.29 is 14.0 Å². The second-order valence-electron chi connectivity index (χ2n) is 4.21. The number of benzene rings is 1. The van der Waals surface area contributed by atoms with Gasteiger partial charge in [0, 0.05) is 6.61 Å². The largest absolute Gasteiger partial charge is 0.523 e. The predicted octanol–water partition coefficient (Wildman–Crippen LogP) is 2.13. The second-order valence-corrected chi connectivity index (χ2v) is 6.50. The quantitative estimate of drug-likeness (QED) is 0.307. The summed E-state index contributed by atoms with van der Waals surface area (Å²) in [6.45, 7) is 6.96. The van der Waals surface area contributed by atoms with E-state index in [-0.39, 0.29) is 0 Å². The van der Waals surface area contributed by atoms with Crippen molar-refractivity contribution >= 4 is 21.6 Å². The van der Waals surface area contributed by atoms with Crippen LogP contribution in [0.15, 0.2) is 30.3 Å². The highest BCUT2D eigenvalue weighted by Crippen LogP contribution is 1.98. The molecule has 0 saturated heterocycles. The smallest absolute Gasteiger partial charge is 0.406 e. The van der Waals surface area contributed by atoms with E-state index in [2.05, 4.69) is 20.0 Å². The van der Waals surface area contributed by atoms with E-state index in [1.54, 1.807) is 0 Å². The molecule has 0 spiro atoms. The lowest BCUT2D eigenvalue weighted by Crippen LogP contribution is -2.38. The van der Waals surface area contributed by atoms with Crippen molar-refractivity contribution in [2.24, 2.45) is 0 Å². The standard InChI is InChI=1S/C12H21BO3Si/c1-4-5-11-14-13(15-16-17(2)3)12-9-7-6-8-10-12/h6-10,17H,4-5,11H2,1-3H3. The van der Waals surface area contributed by atoms with E-state index in [0.29, 0.717) is 6.61 Å². The van der Waals surface area contributed by atoms with E-state index in [4.69, 9.17) is 14.0 Å². The van der Waals surface area contributed by atoms with Gasteiger partial charge >= 0.3 is 7.12 Å². The summed E-state index contributed by atoms with van der Waals surface area (Å²) < 4.78 is 11.0. The Morgan fingerprint density at radius 1 is 1.18 bits per heavy atom. The van der Waals surface area contributed by atoms with Gasteiger partial charge in [0.1, 0.15) is 0 Å². The number of rotatable bonds is 8. The van der Waals surface area contributed by atoms with Gasteiger partial charge in [-0.05, 0) is 25.0 Å². The number of hydrogen-bond acceptors (Lipinski definition) is 3. The Hall–Kier alpha value is -0.618. The minimum absolute atomic E-state index is 0.405. The summed E-state index contributed by atoms with van der Waals surface area (Å²) in [6, 6.07) is 9.90. The van der Waals surface area contributed by atoms with Gasteiger partial charge in [-0.25, -0.2) is 0 Å². The molecule has 0 amide bonds. The molecule has 17 heavy (non-hydrogen) atoms. The molecular weight excluding hydrogens is 231 g/mol. The van der Waals surface area contributed by atoms with Crippen molar-refractivity contribution in [3.63, 3.8) is 0 Å². The molecule has 0 radical (unpaired) electrons. The summed E-state index contributed by atoms with van der Waals surface area (Å²) in [5.74, 6) is 0. The maximum absolute atomic E-state index is 5.69. The number of unbranched alkanes of at least 4 members (excludes halogenated alkanes) is 1. The Morgan fingerprint density at radius 3 is 2.47 bits per heavy atom. The van der Waals surface area contributed by atoms with Crippen molar-refractivity contribution in [2.45, 2.75) is 32.9 Å². The van der Waals surface area contributed by atoms with Crippen LogP contribution < -0.4 is 5.46 Å².